The van der Waals surface area contributed by atoms with E-state index in [2.05, 4.69) is 0 Å². The van der Waals surface area contributed by atoms with Gasteiger partial charge < -0.3 is 9.67 Å². The maximum atomic E-state index is 13.8. The highest BCUT2D eigenvalue weighted by molar-refractivity contribution is 7.98. The number of aromatic nitrogens is 1. The van der Waals surface area contributed by atoms with Crippen molar-refractivity contribution in [3.63, 3.8) is 0 Å². The number of carboxylic acids is 1. The van der Waals surface area contributed by atoms with Crippen molar-refractivity contribution in [1.29, 1.82) is 0 Å². The van der Waals surface area contributed by atoms with Crippen LogP contribution >= 0.6 is 11.8 Å². The van der Waals surface area contributed by atoms with E-state index in [4.69, 9.17) is 0 Å². The largest absolute Gasteiger partial charge is 0.480 e. The van der Waals surface area contributed by atoms with E-state index in [1.54, 1.807) is 47.0 Å². The van der Waals surface area contributed by atoms with Crippen LogP contribution in [0.1, 0.15) is 5.56 Å². The maximum Gasteiger partial charge on any atom is 0.323 e. The van der Waals surface area contributed by atoms with Crippen molar-refractivity contribution in [1.82, 2.24) is 4.57 Å². The lowest BCUT2D eigenvalue weighted by atomic mass is 10.2. The molecular weight excluding hydrogens is 329 g/mol. The number of carboxylic acid groups (broad SMARTS) is 1. The highest BCUT2D eigenvalue weighted by Gasteiger charge is 2.13. The molecule has 0 radical (unpaired) electrons. The van der Waals surface area contributed by atoms with Gasteiger partial charge in [-0.05, 0) is 23.8 Å². The number of thioether (sulfide) groups is 1. The minimum atomic E-state index is -1.00. The zero-order valence-electron chi connectivity index (χ0n) is 12.6. The summed E-state index contributed by atoms with van der Waals surface area (Å²) in [5.74, 6) is -1.01. The van der Waals surface area contributed by atoms with Gasteiger partial charge >= 0.3 is 5.97 Å². The number of hydrogen-bond donors (Lipinski definition) is 1. The normalized spacial score (nSPS) is 10.9. The van der Waals surface area contributed by atoms with Crippen LogP contribution in [0.25, 0.3) is 10.9 Å². The summed E-state index contributed by atoms with van der Waals surface area (Å²) in [5.41, 5.74) is 0.886. The second kappa shape index (κ2) is 6.88. The molecule has 6 heteroatoms. The predicted molar refractivity (Wildman–Crippen MR) is 91.8 cm³/mol. The lowest BCUT2D eigenvalue weighted by molar-refractivity contribution is -0.137. The molecule has 2 aromatic carbocycles. The highest BCUT2D eigenvalue weighted by Crippen LogP contribution is 2.26. The molecular formula is C18H14FNO3S. The summed E-state index contributed by atoms with van der Waals surface area (Å²) in [6.45, 7) is -0.263. The average molecular weight is 343 g/mol. The van der Waals surface area contributed by atoms with Gasteiger partial charge in [0.2, 0.25) is 0 Å². The molecule has 4 nitrogen and oxygen atoms in total. The van der Waals surface area contributed by atoms with E-state index >= 15 is 0 Å². The minimum Gasteiger partial charge on any atom is -0.480 e. The Morgan fingerprint density at radius 3 is 2.58 bits per heavy atom. The molecule has 1 heterocycles. The molecule has 1 N–H and O–H groups in total. The SMILES string of the molecule is O=C(O)Cn1c(SCc2ccccc2F)cc(=O)c2ccccc21. The van der Waals surface area contributed by atoms with Crippen molar-refractivity contribution in [3.05, 3.63) is 76.2 Å². The summed E-state index contributed by atoms with van der Waals surface area (Å²) in [6, 6.07) is 14.7. The topological polar surface area (TPSA) is 59.3 Å². The second-order valence-corrected chi connectivity index (χ2v) is 6.22. The molecule has 0 spiro atoms. The van der Waals surface area contributed by atoms with Gasteiger partial charge in [-0.3, -0.25) is 9.59 Å². The van der Waals surface area contributed by atoms with E-state index in [1.807, 2.05) is 0 Å². The summed E-state index contributed by atoms with van der Waals surface area (Å²) < 4.78 is 15.3. The fourth-order valence-electron chi connectivity index (χ4n) is 2.49. The summed E-state index contributed by atoms with van der Waals surface area (Å²) in [7, 11) is 0. The van der Waals surface area contributed by atoms with Crippen LogP contribution in [0, 0.1) is 5.82 Å². The Balaban J connectivity index is 2.04. The minimum absolute atomic E-state index is 0.178. The van der Waals surface area contributed by atoms with E-state index in [0.29, 0.717) is 27.2 Å². The Bertz CT molecular complexity index is 968. The fraction of sp³-hybridized carbons (Fsp3) is 0.111. The fourth-order valence-corrected chi connectivity index (χ4v) is 3.54. The Morgan fingerprint density at radius 1 is 1.12 bits per heavy atom. The smallest absolute Gasteiger partial charge is 0.323 e. The average Bonchev–Trinajstić information content (AvgIpc) is 2.57. The lowest BCUT2D eigenvalue weighted by Crippen LogP contribution is -2.16. The molecule has 3 rings (SSSR count). The number of nitrogens with zero attached hydrogens (tertiary/aromatic N) is 1. The van der Waals surface area contributed by atoms with Gasteiger partial charge in [0.25, 0.3) is 0 Å². The van der Waals surface area contributed by atoms with Crippen molar-refractivity contribution in [3.8, 4) is 0 Å². The zero-order valence-corrected chi connectivity index (χ0v) is 13.4. The van der Waals surface area contributed by atoms with Crippen LogP contribution in [0.2, 0.25) is 0 Å². The molecule has 0 atom stereocenters. The van der Waals surface area contributed by atoms with E-state index in [-0.39, 0.29) is 17.8 Å². The molecule has 3 aromatic rings. The van der Waals surface area contributed by atoms with E-state index in [0.717, 1.165) is 0 Å². The monoisotopic (exact) mass is 343 g/mol. The predicted octanol–water partition coefficient (Wildman–Crippen LogP) is 3.52. The third-order valence-electron chi connectivity index (χ3n) is 3.61. The van der Waals surface area contributed by atoms with Crippen molar-refractivity contribution >= 4 is 28.6 Å². The van der Waals surface area contributed by atoms with Gasteiger partial charge in [0.05, 0.1) is 10.5 Å². The van der Waals surface area contributed by atoms with E-state index < -0.39 is 5.97 Å². The van der Waals surface area contributed by atoms with Crippen molar-refractivity contribution in [2.75, 3.05) is 0 Å². The molecule has 1 aromatic heterocycles. The molecule has 122 valence electrons. The highest BCUT2D eigenvalue weighted by atomic mass is 32.2. The summed E-state index contributed by atoms with van der Waals surface area (Å²) in [4.78, 5) is 23.5. The standard InChI is InChI=1S/C18H14FNO3S/c19-14-7-3-1-5-12(14)11-24-17-9-16(21)13-6-2-4-8-15(13)20(17)10-18(22)23/h1-9H,10-11H2,(H,22,23). The van der Waals surface area contributed by atoms with Gasteiger partial charge in [-0.2, -0.15) is 0 Å². The second-order valence-electron chi connectivity index (χ2n) is 5.22. The molecule has 0 saturated heterocycles. The number of fused-ring (bicyclic) bond motifs is 1. The van der Waals surface area contributed by atoms with Gasteiger partial charge in [-0.25, -0.2) is 4.39 Å². The number of halogens is 1. The number of rotatable bonds is 5. The van der Waals surface area contributed by atoms with Crippen LogP contribution < -0.4 is 5.43 Å². The van der Waals surface area contributed by atoms with Gasteiger partial charge in [0.15, 0.2) is 5.43 Å². The van der Waals surface area contributed by atoms with Crippen molar-refractivity contribution in [2.45, 2.75) is 17.3 Å². The number of pyridine rings is 1. The van der Waals surface area contributed by atoms with Gasteiger partial charge in [-0.15, -0.1) is 11.8 Å². The van der Waals surface area contributed by atoms with Crippen molar-refractivity contribution < 1.29 is 14.3 Å². The third-order valence-corrected chi connectivity index (χ3v) is 4.70. The number of aliphatic carboxylic acids is 1. The molecule has 0 unspecified atom stereocenters. The first-order valence-electron chi connectivity index (χ1n) is 7.27. The van der Waals surface area contributed by atoms with Crippen LogP contribution in [0.4, 0.5) is 4.39 Å². The molecule has 0 saturated carbocycles. The van der Waals surface area contributed by atoms with Crippen LogP contribution in [0.5, 0.6) is 0 Å². The summed E-state index contributed by atoms with van der Waals surface area (Å²) in [5, 5.41) is 10.2. The van der Waals surface area contributed by atoms with E-state index in [1.165, 1.54) is 23.9 Å². The number of carbonyl (C=O) groups is 1. The Hall–Kier alpha value is -2.60. The molecule has 24 heavy (non-hydrogen) atoms. The molecule has 0 aliphatic carbocycles. The van der Waals surface area contributed by atoms with E-state index in [9.17, 15) is 19.1 Å². The first kappa shape index (κ1) is 16.3. The quantitative estimate of drug-likeness (QED) is 0.720. The zero-order chi connectivity index (χ0) is 17.1. The van der Waals surface area contributed by atoms with Crippen LogP contribution in [-0.2, 0) is 17.1 Å². The Kier molecular flexibility index (Phi) is 4.66. The van der Waals surface area contributed by atoms with Crippen molar-refractivity contribution in [2.24, 2.45) is 0 Å². The molecule has 0 bridgehead atoms. The summed E-state index contributed by atoms with van der Waals surface area (Å²) in [6.07, 6.45) is 0. The maximum absolute atomic E-state index is 13.8. The molecule has 0 aliphatic rings. The Labute approximate surface area is 141 Å². The molecule has 0 aliphatic heterocycles. The van der Waals surface area contributed by atoms with Gasteiger partial charge in [0, 0.05) is 17.2 Å². The first-order valence-corrected chi connectivity index (χ1v) is 8.25. The third kappa shape index (κ3) is 3.33. The van der Waals surface area contributed by atoms with Gasteiger partial charge in [0.1, 0.15) is 12.4 Å². The Morgan fingerprint density at radius 2 is 1.83 bits per heavy atom. The number of benzene rings is 2. The van der Waals surface area contributed by atoms with Crippen LogP contribution in [-0.4, -0.2) is 15.6 Å². The molecule has 0 amide bonds. The number of para-hydroxylation sites is 1. The number of hydrogen-bond acceptors (Lipinski definition) is 3. The first-order chi connectivity index (χ1) is 11.6. The summed E-state index contributed by atoms with van der Waals surface area (Å²) >= 11 is 1.24. The van der Waals surface area contributed by atoms with Crippen LogP contribution in [0.15, 0.2) is 64.4 Å². The van der Waals surface area contributed by atoms with Crippen LogP contribution in [0.3, 0.4) is 0 Å². The molecule has 0 fully saturated rings. The van der Waals surface area contributed by atoms with Gasteiger partial charge in [-0.1, -0.05) is 30.3 Å². The lowest BCUT2D eigenvalue weighted by Gasteiger charge is -2.14.